The summed E-state index contributed by atoms with van der Waals surface area (Å²) in [5.74, 6) is -2.03. The minimum Gasteiger partial charge on any atom is -0.545 e. The van der Waals surface area contributed by atoms with Crippen LogP contribution in [-0.4, -0.2) is 36.7 Å². The molecule has 2 fully saturated rings. The van der Waals surface area contributed by atoms with Gasteiger partial charge in [-0.2, -0.15) is 0 Å². The zero-order chi connectivity index (χ0) is 16.8. The van der Waals surface area contributed by atoms with Gasteiger partial charge in [-0.15, -0.1) is 0 Å². The number of carboxylic acid groups (broad SMARTS) is 1. The Bertz CT molecular complexity index is 889. The first-order valence-electron chi connectivity index (χ1n) is 8.11. The summed E-state index contributed by atoms with van der Waals surface area (Å²) in [6.45, 7) is 2.92. The van der Waals surface area contributed by atoms with E-state index in [4.69, 9.17) is 0 Å². The van der Waals surface area contributed by atoms with Crippen molar-refractivity contribution >= 4 is 22.6 Å². The summed E-state index contributed by atoms with van der Waals surface area (Å²) in [5, 5.41) is 14.5. The van der Waals surface area contributed by atoms with Crippen LogP contribution in [0.5, 0.6) is 0 Å². The van der Waals surface area contributed by atoms with Gasteiger partial charge in [-0.05, 0) is 25.0 Å². The number of carbonyl (C=O) groups is 1. The van der Waals surface area contributed by atoms with Crippen molar-refractivity contribution in [3.05, 3.63) is 39.9 Å². The van der Waals surface area contributed by atoms with Crippen LogP contribution in [0.4, 0.5) is 10.1 Å². The summed E-state index contributed by atoms with van der Waals surface area (Å²) in [7, 11) is 0. The molecule has 1 N–H and O–H groups in total. The zero-order valence-corrected chi connectivity index (χ0v) is 16.0. The quantitative estimate of drug-likeness (QED) is 0.606. The maximum absolute atomic E-state index is 14.6. The molecule has 8 heteroatoms. The summed E-state index contributed by atoms with van der Waals surface area (Å²) < 4.78 is 16.4. The van der Waals surface area contributed by atoms with Crippen LogP contribution in [0.2, 0.25) is 0 Å². The van der Waals surface area contributed by atoms with Gasteiger partial charge in [-0.1, -0.05) is 0 Å². The number of piperazine rings is 1. The second-order valence-electron chi connectivity index (χ2n) is 6.36. The van der Waals surface area contributed by atoms with Gasteiger partial charge < -0.3 is 24.7 Å². The maximum atomic E-state index is 14.6. The van der Waals surface area contributed by atoms with Gasteiger partial charge in [0.1, 0.15) is 5.82 Å². The van der Waals surface area contributed by atoms with E-state index in [9.17, 15) is 19.1 Å². The van der Waals surface area contributed by atoms with Crippen molar-refractivity contribution < 1.29 is 43.8 Å². The SMILES string of the molecule is O=C([O-])c1cn(C2CC2)c2cc(N3CCNCC3)c(F)cc2c1=O.[Na+]. The fourth-order valence-corrected chi connectivity index (χ4v) is 3.31. The minimum absolute atomic E-state index is 0. The number of anilines is 1. The van der Waals surface area contributed by atoms with E-state index in [1.165, 1.54) is 12.3 Å². The molecule has 2 aromatic rings. The third-order valence-electron chi connectivity index (χ3n) is 4.72. The number of hydrogen-bond acceptors (Lipinski definition) is 5. The van der Waals surface area contributed by atoms with Gasteiger partial charge in [0.2, 0.25) is 0 Å². The Kier molecular flexibility index (Phi) is 5.20. The van der Waals surface area contributed by atoms with Crippen LogP contribution in [0.3, 0.4) is 0 Å². The van der Waals surface area contributed by atoms with Crippen molar-refractivity contribution in [3.8, 4) is 0 Å². The van der Waals surface area contributed by atoms with E-state index in [1.54, 1.807) is 10.6 Å². The zero-order valence-electron chi connectivity index (χ0n) is 14.0. The first-order valence-corrected chi connectivity index (χ1v) is 8.11. The molecule has 2 aliphatic rings. The van der Waals surface area contributed by atoms with E-state index in [0.717, 1.165) is 25.9 Å². The van der Waals surface area contributed by atoms with E-state index in [2.05, 4.69) is 5.32 Å². The topological polar surface area (TPSA) is 77.4 Å². The molecule has 1 aromatic carbocycles. The number of rotatable bonds is 3. The van der Waals surface area contributed by atoms with Crippen molar-refractivity contribution in [2.24, 2.45) is 0 Å². The van der Waals surface area contributed by atoms with Gasteiger partial charge in [0, 0.05) is 43.8 Å². The molecule has 2 heterocycles. The second-order valence-corrected chi connectivity index (χ2v) is 6.36. The van der Waals surface area contributed by atoms with E-state index < -0.39 is 22.8 Å². The molecule has 126 valence electrons. The Labute approximate surface area is 165 Å². The molecule has 1 saturated carbocycles. The number of halogens is 1. The Morgan fingerprint density at radius 3 is 2.52 bits per heavy atom. The molecule has 1 aliphatic heterocycles. The van der Waals surface area contributed by atoms with Crippen molar-refractivity contribution in [2.75, 3.05) is 31.1 Å². The predicted molar refractivity (Wildman–Crippen MR) is 85.9 cm³/mol. The van der Waals surface area contributed by atoms with Crippen molar-refractivity contribution in [3.63, 3.8) is 0 Å². The number of pyridine rings is 1. The number of aromatic nitrogens is 1. The van der Waals surface area contributed by atoms with Crippen LogP contribution in [0.15, 0.2) is 23.1 Å². The standard InChI is InChI=1S/C17H18FN3O3.Na/c18-13-7-11-14(8-15(13)20-5-3-19-4-6-20)21(10-1-2-10)9-12(16(11)22)17(23)24;/h7-10,19H,1-6H2,(H,23,24);/q;+1/p-1. The summed E-state index contributed by atoms with van der Waals surface area (Å²) in [6.07, 6.45) is 3.19. The van der Waals surface area contributed by atoms with Crippen molar-refractivity contribution in [1.82, 2.24) is 9.88 Å². The first kappa shape index (κ1) is 18.4. The summed E-state index contributed by atoms with van der Waals surface area (Å²) in [5.41, 5.74) is -0.0576. The second kappa shape index (κ2) is 7.07. The van der Waals surface area contributed by atoms with Gasteiger partial charge in [0.15, 0.2) is 5.43 Å². The number of nitrogens with one attached hydrogen (secondary N) is 1. The van der Waals surface area contributed by atoms with E-state index in [1.807, 2.05) is 4.90 Å². The average Bonchev–Trinajstić information content (AvgIpc) is 3.40. The number of carbonyl (C=O) groups excluding carboxylic acids is 1. The van der Waals surface area contributed by atoms with Gasteiger partial charge in [-0.25, -0.2) is 4.39 Å². The number of nitrogens with zero attached hydrogens (tertiary/aromatic N) is 2. The molecule has 0 amide bonds. The fourth-order valence-electron chi connectivity index (χ4n) is 3.31. The maximum Gasteiger partial charge on any atom is 1.00 e. The summed E-state index contributed by atoms with van der Waals surface area (Å²) in [6, 6.07) is 3.00. The van der Waals surface area contributed by atoms with Gasteiger partial charge in [-0.3, -0.25) is 4.79 Å². The van der Waals surface area contributed by atoms with Crippen LogP contribution in [0, 0.1) is 5.82 Å². The van der Waals surface area contributed by atoms with Gasteiger partial charge >= 0.3 is 29.6 Å². The fraction of sp³-hybridized carbons (Fsp3) is 0.412. The van der Waals surface area contributed by atoms with Crippen LogP contribution in [0.25, 0.3) is 10.9 Å². The molecule has 6 nitrogen and oxygen atoms in total. The Hall–Kier alpha value is -1.41. The third-order valence-corrected chi connectivity index (χ3v) is 4.72. The largest absolute Gasteiger partial charge is 1.00 e. The molecule has 0 unspecified atom stereocenters. The van der Waals surface area contributed by atoms with Crippen LogP contribution < -0.4 is 50.3 Å². The number of carboxylic acids is 1. The number of benzene rings is 1. The van der Waals surface area contributed by atoms with Crippen molar-refractivity contribution in [1.29, 1.82) is 0 Å². The normalized spacial score (nSPS) is 17.4. The molecular formula is C17H17FN3NaO3. The van der Waals surface area contributed by atoms with Crippen LogP contribution in [-0.2, 0) is 0 Å². The van der Waals surface area contributed by atoms with Crippen LogP contribution in [0.1, 0.15) is 29.2 Å². The number of hydrogen-bond donors (Lipinski definition) is 1. The van der Waals surface area contributed by atoms with Crippen molar-refractivity contribution in [2.45, 2.75) is 18.9 Å². The molecule has 0 radical (unpaired) electrons. The molecule has 0 bridgehead atoms. The molecular weight excluding hydrogens is 336 g/mol. The van der Waals surface area contributed by atoms with Crippen LogP contribution >= 0.6 is 0 Å². The molecule has 1 aliphatic carbocycles. The summed E-state index contributed by atoms with van der Waals surface area (Å²) >= 11 is 0. The Morgan fingerprint density at radius 2 is 1.92 bits per heavy atom. The van der Waals surface area contributed by atoms with E-state index in [0.29, 0.717) is 24.3 Å². The average molecular weight is 353 g/mol. The summed E-state index contributed by atoms with van der Waals surface area (Å²) in [4.78, 5) is 25.6. The number of fused-ring (bicyclic) bond motifs is 1. The molecule has 0 atom stereocenters. The number of aromatic carboxylic acids is 1. The predicted octanol–water partition coefficient (Wildman–Crippen LogP) is -2.75. The van der Waals surface area contributed by atoms with Gasteiger partial charge in [0.05, 0.1) is 22.7 Å². The Balaban J connectivity index is 0.00000182. The first-order chi connectivity index (χ1) is 11.6. The minimum atomic E-state index is -1.53. The molecule has 1 saturated heterocycles. The molecule has 25 heavy (non-hydrogen) atoms. The van der Waals surface area contributed by atoms with E-state index in [-0.39, 0.29) is 41.0 Å². The monoisotopic (exact) mass is 353 g/mol. The smallest absolute Gasteiger partial charge is 0.545 e. The molecule has 0 spiro atoms. The molecule has 1 aromatic heterocycles. The molecule has 4 rings (SSSR count). The van der Waals surface area contributed by atoms with E-state index >= 15 is 0 Å². The van der Waals surface area contributed by atoms with Gasteiger partial charge in [0.25, 0.3) is 0 Å². The Morgan fingerprint density at radius 1 is 1.24 bits per heavy atom. The third kappa shape index (κ3) is 3.33.